The van der Waals surface area contributed by atoms with Gasteiger partial charge in [-0.05, 0) is 177 Å². The molecular formula is C115H96N18O4S2. The van der Waals surface area contributed by atoms with Crippen molar-refractivity contribution in [2.24, 2.45) is 47.3 Å². The van der Waals surface area contributed by atoms with Gasteiger partial charge in [0.1, 0.15) is 5.69 Å². The van der Waals surface area contributed by atoms with Crippen LogP contribution in [0.3, 0.4) is 0 Å². The Hall–Kier alpha value is -16.0. The van der Waals surface area contributed by atoms with Crippen LogP contribution in [-0.2, 0) is 66.5 Å². The summed E-state index contributed by atoms with van der Waals surface area (Å²) in [7, 11) is 0. The lowest BCUT2D eigenvalue weighted by Crippen LogP contribution is -2.46. The fourth-order valence-electron chi connectivity index (χ4n) is 23.6. The second-order valence-corrected chi connectivity index (χ2v) is 40.2. The van der Waals surface area contributed by atoms with Gasteiger partial charge >= 0.3 is 0 Å². The van der Waals surface area contributed by atoms with Gasteiger partial charge in [-0.3, -0.25) is 9.97 Å². The highest BCUT2D eigenvalue weighted by Crippen LogP contribution is 2.58. The number of Topliss-reactive ketones (excluding diaryl/α,β-unsaturated/α-hetero) is 4. The van der Waals surface area contributed by atoms with Crippen molar-refractivity contribution in [1.82, 2.24) is 64.0 Å². The number of hydrogen-bond acceptors (Lipinski definition) is 16. The number of thiazole rings is 2. The van der Waals surface area contributed by atoms with Crippen LogP contribution in [0.15, 0.2) is 308 Å². The molecule has 0 radical (unpaired) electrons. The average molecular weight is 1860 g/mol. The zero-order valence-corrected chi connectivity index (χ0v) is 79.6. The molecule has 24 heteroatoms. The van der Waals surface area contributed by atoms with Crippen molar-refractivity contribution < 1.29 is 19.2 Å². The summed E-state index contributed by atoms with van der Waals surface area (Å²) in [6, 6.07) is 79.3. The Balaban J connectivity index is 0.000000110. The Bertz CT molecular complexity index is 7630. The molecule has 24 rings (SSSR count). The molecule has 9 aromatic heterocycles. The highest BCUT2D eigenvalue weighted by molar-refractivity contribution is 7.21. The first-order chi connectivity index (χ1) is 67.5. The number of pyridine rings is 3. The van der Waals surface area contributed by atoms with Crippen LogP contribution in [0, 0.1) is 73.6 Å². The number of hydrogen-bond donors (Lipinski definition) is 1. The van der Waals surface area contributed by atoms with Crippen LogP contribution in [0.2, 0.25) is 0 Å². The average Bonchev–Trinajstić information content (AvgIpc) is 1.54. The molecule has 0 fully saturated rings. The lowest BCUT2D eigenvalue weighted by atomic mass is 9.58. The summed E-state index contributed by atoms with van der Waals surface area (Å²) < 4.78 is 10.1. The number of fused-ring (bicyclic) bond motifs is 14. The van der Waals surface area contributed by atoms with Gasteiger partial charge in [0.05, 0.1) is 92.3 Å². The molecule has 682 valence electrons. The predicted molar refractivity (Wildman–Crippen MR) is 543 cm³/mol. The lowest BCUT2D eigenvalue weighted by Gasteiger charge is -2.45. The summed E-state index contributed by atoms with van der Waals surface area (Å²) >= 11 is 3.20. The number of nitrogens with zero attached hydrogens (tertiary/aromatic N) is 17. The highest BCUT2D eigenvalue weighted by Gasteiger charge is 2.56. The molecule has 0 bridgehead atoms. The predicted octanol–water partition coefficient (Wildman–Crippen LogP) is 24.3. The van der Waals surface area contributed by atoms with Gasteiger partial charge in [-0.25, -0.2) is 53.1 Å². The molecule has 0 amide bonds. The number of allylic oxidation sites excluding steroid dienone is 8. The largest absolute Gasteiger partial charge is 0.339 e. The lowest BCUT2D eigenvalue weighted by molar-refractivity contribution is -0.122. The summed E-state index contributed by atoms with van der Waals surface area (Å²) in [6.07, 6.45) is 21.6. The summed E-state index contributed by atoms with van der Waals surface area (Å²) in [5.74, 6) is 0.959. The Kier molecular flexibility index (Phi) is 23.1. The number of carbonyl (C=O) groups is 4. The molecule has 22 nitrogen and oxygen atoms in total. The minimum absolute atomic E-state index is 0.0400. The van der Waals surface area contributed by atoms with Gasteiger partial charge in [0.15, 0.2) is 34.8 Å². The fraction of sp³-hybridized carbons (Fsp3) is 0.243. The first-order valence-electron chi connectivity index (χ1n) is 47.2. The van der Waals surface area contributed by atoms with Crippen LogP contribution in [0.25, 0.3) is 118 Å². The molecule has 0 saturated carbocycles. The number of rotatable bonds is 11. The maximum atomic E-state index is 12.9. The van der Waals surface area contributed by atoms with E-state index in [1.54, 1.807) is 35.1 Å². The molecule has 0 saturated heterocycles. The first kappa shape index (κ1) is 89.5. The molecule has 139 heavy (non-hydrogen) atoms. The number of benzene rings is 7. The minimum Gasteiger partial charge on any atom is -0.339 e. The van der Waals surface area contributed by atoms with Crippen LogP contribution in [0.4, 0.5) is 11.5 Å². The molecule has 7 aromatic carbocycles. The van der Waals surface area contributed by atoms with E-state index in [1.165, 1.54) is 11.1 Å². The Morgan fingerprint density at radius 2 is 0.734 bits per heavy atom. The summed E-state index contributed by atoms with van der Waals surface area (Å²) in [6.45, 7) is 47.1. The van der Waals surface area contributed by atoms with E-state index in [0.29, 0.717) is 0 Å². The number of ketones is 4. The van der Waals surface area contributed by atoms with Gasteiger partial charge in [-0.1, -0.05) is 254 Å². The van der Waals surface area contributed by atoms with Crippen molar-refractivity contribution in [2.45, 2.75) is 128 Å². The van der Waals surface area contributed by atoms with Crippen molar-refractivity contribution in [3.8, 4) is 77.9 Å². The maximum Gasteiger partial charge on any atom is 0.226 e. The van der Waals surface area contributed by atoms with E-state index in [9.17, 15) is 19.2 Å². The molecule has 16 aromatic rings. The van der Waals surface area contributed by atoms with Crippen LogP contribution >= 0.6 is 22.7 Å². The van der Waals surface area contributed by atoms with Crippen LogP contribution < -0.4 is 5.32 Å². The number of carbonyl (C=O) groups excluding carboxylic acids is 4. The van der Waals surface area contributed by atoms with Crippen molar-refractivity contribution in [2.75, 3.05) is 5.32 Å². The highest BCUT2D eigenvalue weighted by atomic mass is 32.1. The Morgan fingerprint density at radius 3 is 1.17 bits per heavy atom. The second-order valence-electron chi connectivity index (χ2n) is 38.2. The van der Waals surface area contributed by atoms with E-state index in [0.717, 1.165) is 195 Å². The SMILES string of the molecule is [C-]#[N+]C1=C[C@@]2(C)c3c(c(-c4ccccc4)nn3-c3ccc(-c4ccccc4)cn3)CC[C@@H]2[C@@H](C)C1=O.[C-]#[N+]C1=C[C@@]2(C)c3c(c(-c4ccccn4)nn3-c3nc4ccccc4s3)CC[C@@H]2[C@@H](C)C1=O.[C-]#[N+]C1=C[C@@]2(C)c3c(c(-c4cccnc4)nn3-c3nc4ccccc4s3)CC[C@@H]2[C@@H](C)C1=O.[C-]#[N+]C1=C[C@@]2(C)c3c(c(Nc4ccccc4)nn3-c3ccc(-c4ccccc4)cc3)CC[C@@H]2[C@@H](C)C1=O. The van der Waals surface area contributed by atoms with Gasteiger partial charge in [0.2, 0.25) is 33.1 Å². The van der Waals surface area contributed by atoms with Gasteiger partial charge in [0, 0.05) is 115 Å². The van der Waals surface area contributed by atoms with Crippen LogP contribution in [0.5, 0.6) is 0 Å². The van der Waals surface area contributed by atoms with Gasteiger partial charge < -0.3 is 24.5 Å². The van der Waals surface area contributed by atoms with E-state index in [4.69, 9.17) is 61.6 Å². The molecule has 9 heterocycles. The van der Waals surface area contributed by atoms with Crippen LogP contribution in [-0.4, -0.2) is 87.2 Å². The van der Waals surface area contributed by atoms with Gasteiger partial charge in [-0.15, -0.1) is 5.10 Å². The molecule has 0 aliphatic heterocycles. The molecule has 0 spiro atoms. The normalized spacial score (nSPS) is 23.3. The summed E-state index contributed by atoms with van der Waals surface area (Å²) in [5, 5.41) is 25.5. The minimum atomic E-state index is -0.501. The zero-order valence-electron chi connectivity index (χ0n) is 78.0. The van der Waals surface area contributed by atoms with Crippen molar-refractivity contribution in [1.29, 1.82) is 0 Å². The van der Waals surface area contributed by atoms with Crippen molar-refractivity contribution >= 4 is 77.7 Å². The Labute approximate surface area is 813 Å². The summed E-state index contributed by atoms with van der Waals surface area (Å²) in [5.41, 5.74) is 21.6. The molecular weight excluding hydrogens is 1760 g/mol. The first-order valence-corrected chi connectivity index (χ1v) is 48.8. The smallest absolute Gasteiger partial charge is 0.226 e. The zero-order chi connectivity index (χ0) is 95.9. The molecule has 1 N–H and O–H groups in total. The Morgan fingerprint density at radius 1 is 0.353 bits per heavy atom. The number of anilines is 2. The van der Waals surface area contributed by atoms with E-state index < -0.39 is 21.7 Å². The van der Waals surface area contributed by atoms with E-state index >= 15 is 0 Å². The monoisotopic (exact) mass is 1860 g/mol. The van der Waals surface area contributed by atoms with Crippen LogP contribution in [0.1, 0.15) is 126 Å². The molecule has 8 aliphatic rings. The standard InChI is InChI=1S/C32H28N4O.C31H26N4O.2C26H21N5OS/c1-21-27-19-18-26-30(32(27,2)20-28(33-3)29(21)37)36(35-31(26)34-24-12-8-5-9-13-24)25-16-14-23(15-17-25)22-10-6-4-7-11-22;1-20-25-16-15-24-28(22-12-8-5-9-13-22)34-35(30(24)31(25,2)18-26(32-3)29(20)36)27-17-14-23(19-33-27)21-10-6-4-7-11-21;1-15-17-12-11-16-22(19-9-6-7-13-28-19)30-31(25-29-18-8-4-5-10-21(18)33-25)24(16)26(17,2)14-20(27-3)23(15)32;1-15-18-11-10-17-22(16-7-6-12-28-14-16)30-31(25-29-19-8-4-5-9-21(19)33-25)24(17)26(18,2)13-20(27-3)23(15)32/h4-17,20-21,27H,18-19H2,1-2H3,(H,34,35);4-14,17-20,25H,15-16H2,1-2H3;4-10,13-15,17H,11-12H2,1-2H3;4-9,12-15,18H,10-11H2,1-2H3/t21-,27-,32-;20-,25-,31-;15-,17-,26-;15-,18-,26-/m1111/s1. The third-order valence-electron chi connectivity index (χ3n) is 30.3. The van der Waals surface area contributed by atoms with Gasteiger partial charge in [-0.2, -0.15) is 15.3 Å². The quantitative estimate of drug-likeness (QED) is 0.119. The second kappa shape index (κ2) is 35.9. The maximum absolute atomic E-state index is 12.9. The molecule has 12 atom stereocenters. The topological polar surface area (TPSA) is 233 Å². The van der Waals surface area contributed by atoms with E-state index in [2.05, 4.69) is 141 Å². The number of nitrogens with one attached hydrogen (secondary N) is 1. The molecule has 0 unspecified atom stereocenters. The van der Waals surface area contributed by atoms with E-state index in [1.807, 2.05) is 241 Å². The summed E-state index contributed by atoms with van der Waals surface area (Å²) in [4.78, 5) is 89.5. The fourth-order valence-corrected chi connectivity index (χ4v) is 25.4. The van der Waals surface area contributed by atoms with Crippen molar-refractivity contribution in [3.63, 3.8) is 0 Å². The van der Waals surface area contributed by atoms with Crippen molar-refractivity contribution in [3.05, 3.63) is 399 Å². The van der Waals surface area contributed by atoms with Gasteiger partial charge in [0.25, 0.3) is 0 Å². The third-order valence-corrected chi connectivity index (χ3v) is 32.4. The molecule has 8 aliphatic carbocycles. The number of para-hydroxylation sites is 3. The number of aromatic nitrogens is 13. The van der Waals surface area contributed by atoms with E-state index in [-0.39, 0.29) is 93.3 Å². The third kappa shape index (κ3) is 15.4.